The SMILES string of the molecule is N[C@@H](CCC(=O)O)C(=O)N1CCN(c2ccccc2)CC1. The van der Waals surface area contributed by atoms with Crippen LogP contribution in [-0.4, -0.2) is 54.1 Å². The lowest BCUT2D eigenvalue weighted by atomic mass is 10.1. The summed E-state index contributed by atoms with van der Waals surface area (Å²) in [5, 5.41) is 8.63. The van der Waals surface area contributed by atoms with Crippen LogP contribution in [-0.2, 0) is 9.59 Å². The molecule has 3 N–H and O–H groups in total. The fraction of sp³-hybridized carbons (Fsp3) is 0.467. The van der Waals surface area contributed by atoms with Crippen molar-refractivity contribution in [2.45, 2.75) is 18.9 Å². The Balaban J connectivity index is 1.83. The van der Waals surface area contributed by atoms with Crippen LogP contribution in [0.4, 0.5) is 5.69 Å². The number of piperazine rings is 1. The van der Waals surface area contributed by atoms with E-state index in [0.29, 0.717) is 13.1 Å². The molecule has 6 nitrogen and oxygen atoms in total. The molecule has 0 unspecified atom stereocenters. The van der Waals surface area contributed by atoms with Crippen LogP contribution in [0.2, 0.25) is 0 Å². The van der Waals surface area contributed by atoms with Crippen LogP contribution < -0.4 is 10.6 Å². The number of hydrogen-bond donors (Lipinski definition) is 2. The molecule has 21 heavy (non-hydrogen) atoms. The minimum atomic E-state index is -0.924. The molecule has 0 saturated carbocycles. The Kier molecular flexibility index (Phi) is 5.16. The van der Waals surface area contributed by atoms with Crippen molar-refractivity contribution in [2.24, 2.45) is 5.73 Å². The van der Waals surface area contributed by atoms with E-state index in [0.717, 1.165) is 18.8 Å². The first-order valence-corrected chi connectivity index (χ1v) is 7.14. The molecular weight excluding hydrogens is 270 g/mol. The third kappa shape index (κ3) is 4.19. The average molecular weight is 291 g/mol. The monoisotopic (exact) mass is 291 g/mol. The normalized spacial score (nSPS) is 16.6. The Morgan fingerprint density at radius 2 is 1.76 bits per heavy atom. The first kappa shape index (κ1) is 15.3. The van der Waals surface area contributed by atoms with E-state index < -0.39 is 12.0 Å². The number of aliphatic carboxylic acids is 1. The number of hydrogen-bond acceptors (Lipinski definition) is 4. The third-order valence-electron chi connectivity index (χ3n) is 3.70. The molecule has 1 heterocycles. The highest BCUT2D eigenvalue weighted by atomic mass is 16.4. The summed E-state index contributed by atoms with van der Waals surface area (Å²) >= 11 is 0. The summed E-state index contributed by atoms with van der Waals surface area (Å²) in [6.07, 6.45) is 0.115. The third-order valence-corrected chi connectivity index (χ3v) is 3.70. The van der Waals surface area contributed by atoms with Gasteiger partial charge in [0.2, 0.25) is 5.91 Å². The van der Waals surface area contributed by atoms with E-state index in [2.05, 4.69) is 17.0 Å². The highest BCUT2D eigenvalue weighted by Gasteiger charge is 2.25. The quantitative estimate of drug-likeness (QED) is 0.826. The number of carboxylic acid groups (broad SMARTS) is 1. The maximum absolute atomic E-state index is 12.1. The van der Waals surface area contributed by atoms with Gasteiger partial charge in [-0.15, -0.1) is 0 Å². The van der Waals surface area contributed by atoms with E-state index in [1.54, 1.807) is 4.90 Å². The second-order valence-electron chi connectivity index (χ2n) is 5.19. The van der Waals surface area contributed by atoms with Crippen molar-refractivity contribution in [3.05, 3.63) is 30.3 Å². The number of carbonyl (C=O) groups is 2. The van der Waals surface area contributed by atoms with E-state index in [1.165, 1.54) is 0 Å². The van der Waals surface area contributed by atoms with Gasteiger partial charge < -0.3 is 20.6 Å². The molecule has 1 aliphatic heterocycles. The van der Waals surface area contributed by atoms with Gasteiger partial charge in [-0.1, -0.05) is 18.2 Å². The molecule has 2 rings (SSSR count). The van der Waals surface area contributed by atoms with Crippen molar-refractivity contribution in [1.82, 2.24) is 4.90 Å². The van der Waals surface area contributed by atoms with E-state index in [9.17, 15) is 9.59 Å². The van der Waals surface area contributed by atoms with Gasteiger partial charge in [-0.25, -0.2) is 0 Å². The fourth-order valence-corrected chi connectivity index (χ4v) is 2.46. The topological polar surface area (TPSA) is 86.9 Å². The smallest absolute Gasteiger partial charge is 0.303 e. The lowest BCUT2D eigenvalue weighted by Gasteiger charge is -2.37. The number of benzene rings is 1. The van der Waals surface area contributed by atoms with Crippen LogP contribution in [0.5, 0.6) is 0 Å². The van der Waals surface area contributed by atoms with Gasteiger partial charge in [-0.3, -0.25) is 9.59 Å². The Bertz CT molecular complexity index is 484. The standard InChI is InChI=1S/C15H21N3O3/c16-13(6-7-14(19)20)15(21)18-10-8-17(9-11-18)12-4-2-1-3-5-12/h1-5,13H,6-11,16H2,(H,19,20)/t13-/m0/s1. The number of para-hydroxylation sites is 1. The van der Waals surface area contributed by atoms with Crippen molar-refractivity contribution in [3.63, 3.8) is 0 Å². The first-order chi connectivity index (χ1) is 10.1. The highest BCUT2D eigenvalue weighted by molar-refractivity contribution is 5.82. The van der Waals surface area contributed by atoms with Gasteiger partial charge in [0.25, 0.3) is 0 Å². The molecule has 1 aromatic carbocycles. The van der Waals surface area contributed by atoms with Crippen LogP contribution in [0, 0.1) is 0 Å². The number of nitrogens with zero attached hydrogens (tertiary/aromatic N) is 2. The summed E-state index contributed by atoms with van der Waals surface area (Å²) in [5.74, 6) is -1.07. The second-order valence-corrected chi connectivity index (χ2v) is 5.19. The zero-order valence-corrected chi connectivity index (χ0v) is 11.9. The number of nitrogens with two attached hydrogens (primary N) is 1. The maximum atomic E-state index is 12.1. The molecule has 0 aromatic heterocycles. The van der Waals surface area contributed by atoms with Crippen molar-refractivity contribution in [3.8, 4) is 0 Å². The fourth-order valence-electron chi connectivity index (χ4n) is 2.46. The van der Waals surface area contributed by atoms with E-state index in [-0.39, 0.29) is 18.7 Å². The minimum Gasteiger partial charge on any atom is -0.481 e. The zero-order chi connectivity index (χ0) is 15.2. The van der Waals surface area contributed by atoms with Crippen molar-refractivity contribution >= 4 is 17.6 Å². The molecule has 0 spiro atoms. The van der Waals surface area contributed by atoms with Gasteiger partial charge in [-0.2, -0.15) is 0 Å². The summed E-state index contributed by atoms with van der Waals surface area (Å²) in [5.41, 5.74) is 6.93. The van der Waals surface area contributed by atoms with E-state index in [4.69, 9.17) is 10.8 Å². The lowest BCUT2D eigenvalue weighted by molar-refractivity contribution is -0.137. The molecule has 1 atom stereocenters. The Morgan fingerprint density at radius 3 is 2.33 bits per heavy atom. The second kappa shape index (κ2) is 7.08. The molecule has 1 amide bonds. The van der Waals surface area contributed by atoms with Crippen LogP contribution in [0.25, 0.3) is 0 Å². The summed E-state index contributed by atoms with van der Waals surface area (Å²) in [4.78, 5) is 26.6. The number of carbonyl (C=O) groups excluding carboxylic acids is 1. The molecule has 6 heteroatoms. The van der Waals surface area contributed by atoms with Gasteiger partial charge in [0.1, 0.15) is 0 Å². The van der Waals surface area contributed by atoms with Gasteiger partial charge in [-0.05, 0) is 18.6 Å². The Morgan fingerprint density at radius 1 is 1.14 bits per heavy atom. The molecule has 114 valence electrons. The molecular formula is C15H21N3O3. The first-order valence-electron chi connectivity index (χ1n) is 7.14. The van der Waals surface area contributed by atoms with Gasteiger partial charge in [0, 0.05) is 38.3 Å². The number of carboxylic acids is 1. The molecule has 1 aliphatic rings. The minimum absolute atomic E-state index is 0.0725. The van der Waals surface area contributed by atoms with Crippen LogP contribution in [0.3, 0.4) is 0 Å². The number of amides is 1. The Hall–Kier alpha value is -2.08. The van der Waals surface area contributed by atoms with Gasteiger partial charge in [0.05, 0.1) is 6.04 Å². The maximum Gasteiger partial charge on any atom is 0.303 e. The predicted octanol–water partition coefficient (Wildman–Crippen LogP) is 0.527. The summed E-state index contributed by atoms with van der Waals surface area (Å²) < 4.78 is 0. The zero-order valence-electron chi connectivity index (χ0n) is 11.9. The largest absolute Gasteiger partial charge is 0.481 e. The van der Waals surface area contributed by atoms with Crippen LogP contribution in [0.1, 0.15) is 12.8 Å². The summed E-state index contributed by atoms with van der Waals surface area (Å²) in [6, 6.07) is 9.35. The molecule has 0 bridgehead atoms. The summed E-state index contributed by atoms with van der Waals surface area (Å²) in [6.45, 7) is 2.77. The highest BCUT2D eigenvalue weighted by Crippen LogP contribution is 2.16. The van der Waals surface area contributed by atoms with Crippen LogP contribution >= 0.6 is 0 Å². The van der Waals surface area contributed by atoms with E-state index in [1.807, 2.05) is 18.2 Å². The molecule has 0 aliphatic carbocycles. The van der Waals surface area contributed by atoms with Gasteiger partial charge >= 0.3 is 5.97 Å². The Labute approximate surface area is 124 Å². The lowest BCUT2D eigenvalue weighted by Crippen LogP contribution is -2.53. The van der Waals surface area contributed by atoms with Gasteiger partial charge in [0.15, 0.2) is 0 Å². The molecule has 1 aromatic rings. The number of rotatable bonds is 5. The van der Waals surface area contributed by atoms with Crippen molar-refractivity contribution < 1.29 is 14.7 Å². The van der Waals surface area contributed by atoms with Crippen LogP contribution in [0.15, 0.2) is 30.3 Å². The summed E-state index contributed by atoms with van der Waals surface area (Å²) in [7, 11) is 0. The van der Waals surface area contributed by atoms with Crippen molar-refractivity contribution in [2.75, 3.05) is 31.1 Å². The van der Waals surface area contributed by atoms with E-state index >= 15 is 0 Å². The molecule has 1 saturated heterocycles. The van der Waals surface area contributed by atoms with Crippen molar-refractivity contribution in [1.29, 1.82) is 0 Å². The predicted molar refractivity (Wildman–Crippen MR) is 80.1 cm³/mol. The molecule has 0 radical (unpaired) electrons. The average Bonchev–Trinajstić information content (AvgIpc) is 2.53. The number of anilines is 1. The molecule has 1 fully saturated rings.